The van der Waals surface area contributed by atoms with E-state index in [2.05, 4.69) is 39.9 Å². The second-order valence-corrected chi connectivity index (χ2v) is 6.86. The molecule has 130 valence electrons. The van der Waals surface area contributed by atoms with Gasteiger partial charge in [0.15, 0.2) is 0 Å². The Morgan fingerprint density at radius 3 is 2.54 bits per heavy atom. The van der Waals surface area contributed by atoms with Crippen LogP contribution in [0, 0.1) is 5.92 Å². The zero-order valence-corrected chi connectivity index (χ0v) is 15.0. The zero-order chi connectivity index (χ0) is 16.9. The molecule has 2 heterocycles. The molecule has 1 aliphatic rings. The van der Waals surface area contributed by atoms with Crippen molar-refractivity contribution in [2.75, 3.05) is 26.7 Å². The number of aromatic nitrogens is 3. The quantitative estimate of drug-likeness (QED) is 0.812. The summed E-state index contributed by atoms with van der Waals surface area (Å²) in [5.74, 6) is 1.65. The highest BCUT2D eigenvalue weighted by Crippen LogP contribution is 2.25. The van der Waals surface area contributed by atoms with Gasteiger partial charge in [0.25, 0.3) is 0 Å². The molecule has 1 fully saturated rings. The Bertz CT molecular complexity index is 629. The summed E-state index contributed by atoms with van der Waals surface area (Å²) < 4.78 is 7.26. The van der Waals surface area contributed by atoms with Crippen LogP contribution in [-0.4, -0.2) is 46.6 Å². The maximum Gasteiger partial charge on any atom is 0.118 e. The number of benzene rings is 1. The van der Waals surface area contributed by atoms with Gasteiger partial charge in [0.05, 0.1) is 19.3 Å². The predicted molar refractivity (Wildman–Crippen MR) is 96.2 cm³/mol. The van der Waals surface area contributed by atoms with Crippen molar-refractivity contribution in [2.24, 2.45) is 5.92 Å². The fourth-order valence-corrected chi connectivity index (χ4v) is 3.29. The molecule has 0 N–H and O–H groups in total. The van der Waals surface area contributed by atoms with E-state index in [0.717, 1.165) is 48.9 Å². The van der Waals surface area contributed by atoms with Gasteiger partial charge in [0.2, 0.25) is 0 Å². The summed E-state index contributed by atoms with van der Waals surface area (Å²) in [5, 5.41) is 8.73. The molecule has 0 amide bonds. The molecule has 1 aliphatic heterocycles. The fourth-order valence-electron chi connectivity index (χ4n) is 3.29. The van der Waals surface area contributed by atoms with E-state index in [9.17, 15) is 0 Å². The number of ether oxygens (including phenoxy) is 1. The minimum absolute atomic E-state index is 0.470. The first kappa shape index (κ1) is 17.0. The van der Waals surface area contributed by atoms with Gasteiger partial charge in [-0.25, -0.2) is 4.68 Å². The Hall–Kier alpha value is -1.88. The van der Waals surface area contributed by atoms with E-state index in [-0.39, 0.29) is 0 Å². The van der Waals surface area contributed by atoms with Crippen LogP contribution in [-0.2, 0) is 0 Å². The van der Waals surface area contributed by atoms with E-state index < -0.39 is 0 Å². The first-order valence-corrected chi connectivity index (χ1v) is 8.98. The Morgan fingerprint density at radius 2 is 1.92 bits per heavy atom. The lowest BCUT2D eigenvalue weighted by Crippen LogP contribution is -2.37. The lowest BCUT2D eigenvalue weighted by molar-refractivity contribution is 0.159. The molecule has 5 nitrogen and oxygen atoms in total. The van der Waals surface area contributed by atoms with E-state index >= 15 is 0 Å². The summed E-state index contributed by atoms with van der Waals surface area (Å²) in [6.45, 7) is 8.15. The lowest BCUT2D eigenvalue weighted by atomic mass is 10.0. The van der Waals surface area contributed by atoms with Gasteiger partial charge < -0.3 is 9.64 Å². The van der Waals surface area contributed by atoms with Crippen LogP contribution in [0.3, 0.4) is 0 Å². The third-order valence-corrected chi connectivity index (χ3v) is 5.09. The van der Waals surface area contributed by atoms with Gasteiger partial charge in [-0.15, -0.1) is 5.10 Å². The molecule has 0 unspecified atom stereocenters. The molecule has 0 saturated carbocycles. The van der Waals surface area contributed by atoms with Crippen molar-refractivity contribution in [1.29, 1.82) is 0 Å². The number of rotatable bonds is 6. The Labute approximate surface area is 144 Å². The molecule has 2 aromatic rings. The monoisotopic (exact) mass is 328 g/mol. The predicted octanol–water partition coefficient (Wildman–Crippen LogP) is 3.64. The number of hydrogen-bond donors (Lipinski definition) is 0. The Morgan fingerprint density at radius 1 is 1.21 bits per heavy atom. The standard InChI is InChI=1S/C19H28N4O/c1-4-15(2)13-22-11-9-17(10-12-22)23-14-19(20-21-23)16-5-7-18(24-3)8-6-16/h5-8,14-15,17H,4,9-13H2,1-3H3/t15-/m0/s1. The molecule has 0 bridgehead atoms. The van der Waals surface area contributed by atoms with Crippen molar-refractivity contribution < 1.29 is 4.74 Å². The van der Waals surface area contributed by atoms with Crippen LogP contribution in [0.1, 0.15) is 39.2 Å². The van der Waals surface area contributed by atoms with Crippen LogP contribution in [0.4, 0.5) is 0 Å². The zero-order valence-electron chi connectivity index (χ0n) is 15.0. The third kappa shape index (κ3) is 3.96. The fraction of sp³-hybridized carbons (Fsp3) is 0.579. The van der Waals surface area contributed by atoms with Crippen LogP contribution >= 0.6 is 0 Å². The summed E-state index contributed by atoms with van der Waals surface area (Å²) in [6.07, 6.45) is 5.65. The highest BCUT2D eigenvalue weighted by molar-refractivity contribution is 5.58. The van der Waals surface area contributed by atoms with Crippen molar-refractivity contribution >= 4 is 0 Å². The molecule has 1 saturated heterocycles. The van der Waals surface area contributed by atoms with Gasteiger partial charge in [-0.05, 0) is 43.0 Å². The van der Waals surface area contributed by atoms with Crippen LogP contribution in [0.5, 0.6) is 5.75 Å². The van der Waals surface area contributed by atoms with Crippen molar-refractivity contribution in [3.8, 4) is 17.0 Å². The third-order valence-electron chi connectivity index (χ3n) is 5.09. The largest absolute Gasteiger partial charge is 0.497 e. The number of piperidine rings is 1. The van der Waals surface area contributed by atoms with E-state index in [1.54, 1.807) is 7.11 Å². The molecule has 3 rings (SSSR count). The average Bonchev–Trinajstić information content (AvgIpc) is 3.12. The number of likely N-dealkylation sites (tertiary alicyclic amines) is 1. The van der Waals surface area contributed by atoms with Crippen LogP contribution in [0.25, 0.3) is 11.3 Å². The molecule has 5 heteroatoms. The number of hydrogen-bond acceptors (Lipinski definition) is 4. The van der Waals surface area contributed by atoms with E-state index in [1.165, 1.54) is 13.0 Å². The molecule has 1 aromatic carbocycles. The van der Waals surface area contributed by atoms with Gasteiger partial charge >= 0.3 is 0 Å². The minimum atomic E-state index is 0.470. The molecule has 1 aromatic heterocycles. The van der Waals surface area contributed by atoms with Crippen molar-refractivity contribution in [1.82, 2.24) is 19.9 Å². The summed E-state index contributed by atoms with van der Waals surface area (Å²) >= 11 is 0. The first-order chi connectivity index (χ1) is 11.7. The van der Waals surface area contributed by atoms with E-state index in [0.29, 0.717) is 6.04 Å². The molecule has 0 aliphatic carbocycles. The second-order valence-electron chi connectivity index (χ2n) is 6.86. The molecule has 24 heavy (non-hydrogen) atoms. The molecule has 1 atom stereocenters. The molecular formula is C19H28N4O. The highest BCUT2D eigenvalue weighted by atomic mass is 16.5. The lowest BCUT2D eigenvalue weighted by Gasteiger charge is -2.33. The number of nitrogens with zero attached hydrogens (tertiary/aromatic N) is 4. The first-order valence-electron chi connectivity index (χ1n) is 8.98. The van der Waals surface area contributed by atoms with Gasteiger partial charge in [0.1, 0.15) is 11.4 Å². The summed E-state index contributed by atoms with van der Waals surface area (Å²) in [6, 6.07) is 8.45. The van der Waals surface area contributed by atoms with Crippen LogP contribution in [0.2, 0.25) is 0 Å². The van der Waals surface area contributed by atoms with Gasteiger partial charge in [-0.3, -0.25) is 0 Å². The van der Waals surface area contributed by atoms with Gasteiger partial charge in [0, 0.05) is 25.2 Å². The Balaban J connectivity index is 1.60. The van der Waals surface area contributed by atoms with Crippen molar-refractivity contribution in [3.05, 3.63) is 30.5 Å². The normalized spacial score (nSPS) is 17.8. The highest BCUT2D eigenvalue weighted by Gasteiger charge is 2.22. The average molecular weight is 328 g/mol. The smallest absolute Gasteiger partial charge is 0.118 e. The van der Waals surface area contributed by atoms with Gasteiger partial charge in [-0.2, -0.15) is 0 Å². The molecular weight excluding hydrogens is 300 g/mol. The minimum Gasteiger partial charge on any atom is -0.497 e. The summed E-state index contributed by atoms with van der Waals surface area (Å²) in [7, 11) is 1.68. The number of methoxy groups -OCH3 is 1. The molecule has 0 radical (unpaired) electrons. The second kappa shape index (κ2) is 7.79. The summed E-state index contributed by atoms with van der Waals surface area (Å²) in [4.78, 5) is 2.59. The van der Waals surface area contributed by atoms with Crippen LogP contribution < -0.4 is 4.74 Å². The topological polar surface area (TPSA) is 43.2 Å². The van der Waals surface area contributed by atoms with Crippen molar-refractivity contribution in [2.45, 2.75) is 39.2 Å². The van der Waals surface area contributed by atoms with Gasteiger partial charge in [-0.1, -0.05) is 25.5 Å². The maximum absolute atomic E-state index is 5.21. The van der Waals surface area contributed by atoms with Crippen molar-refractivity contribution in [3.63, 3.8) is 0 Å². The van der Waals surface area contributed by atoms with E-state index in [4.69, 9.17) is 4.74 Å². The SMILES string of the molecule is CC[C@H](C)CN1CCC(n2cc(-c3ccc(OC)cc3)nn2)CC1. The van der Waals surface area contributed by atoms with Crippen LogP contribution in [0.15, 0.2) is 30.5 Å². The Kier molecular flexibility index (Phi) is 5.51. The molecule has 0 spiro atoms. The maximum atomic E-state index is 5.21. The van der Waals surface area contributed by atoms with E-state index in [1.807, 2.05) is 24.3 Å². The summed E-state index contributed by atoms with van der Waals surface area (Å²) in [5.41, 5.74) is 2.01.